The van der Waals surface area contributed by atoms with Gasteiger partial charge < -0.3 is 14.8 Å². The molecule has 4 rings (SSSR count). The number of carbonyl (C=O) groups is 1. The standard InChI is InChI=1S/C17H14ClNO3/c18-11-3-1-10(2-4-11)12-8-17(20)19-14-9-16-15(7-13(12)14)21-5-6-22-16/h1-4,7,9,12H,5-6,8H2,(H,19,20)/t12-/m0/s1. The molecular formula is C17H14ClNO3. The SMILES string of the molecule is O=C1C[C@@H](c2ccc(Cl)cc2)c2cc3c(cc2N1)OCCO3. The van der Waals surface area contributed by atoms with Crippen LogP contribution in [0.2, 0.25) is 5.02 Å². The number of carbonyl (C=O) groups excluding carboxylic acids is 1. The minimum Gasteiger partial charge on any atom is -0.486 e. The molecule has 0 bridgehead atoms. The molecule has 2 aromatic rings. The Labute approximate surface area is 133 Å². The summed E-state index contributed by atoms with van der Waals surface area (Å²) in [5.41, 5.74) is 2.91. The predicted molar refractivity (Wildman–Crippen MR) is 84.0 cm³/mol. The van der Waals surface area contributed by atoms with Crippen molar-refractivity contribution in [2.45, 2.75) is 12.3 Å². The molecule has 0 aliphatic carbocycles. The first-order valence-electron chi connectivity index (χ1n) is 7.19. The molecule has 0 saturated carbocycles. The van der Waals surface area contributed by atoms with Gasteiger partial charge in [0.2, 0.25) is 5.91 Å². The highest BCUT2D eigenvalue weighted by molar-refractivity contribution is 6.30. The van der Waals surface area contributed by atoms with E-state index in [4.69, 9.17) is 21.1 Å². The molecule has 2 aliphatic rings. The molecule has 2 aliphatic heterocycles. The quantitative estimate of drug-likeness (QED) is 0.875. The number of anilines is 1. The molecule has 4 nitrogen and oxygen atoms in total. The van der Waals surface area contributed by atoms with Gasteiger partial charge in [0.05, 0.1) is 0 Å². The summed E-state index contributed by atoms with van der Waals surface area (Å²) in [4.78, 5) is 12.0. The first kappa shape index (κ1) is 13.5. The summed E-state index contributed by atoms with van der Waals surface area (Å²) < 4.78 is 11.2. The van der Waals surface area contributed by atoms with Crippen molar-refractivity contribution in [1.82, 2.24) is 0 Å². The van der Waals surface area contributed by atoms with Gasteiger partial charge in [0.15, 0.2) is 11.5 Å². The molecule has 1 amide bonds. The highest BCUT2D eigenvalue weighted by Crippen LogP contribution is 2.44. The Hall–Kier alpha value is -2.20. The van der Waals surface area contributed by atoms with Crippen LogP contribution in [0.5, 0.6) is 11.5 Å². The zero-order valence-corrected chi connectivity index (χ0v) is 12.5. The molecule has 0 unspecified atom stereocenters. The summed E-state index contributed by atoms with van der Waals surface area (Å²) in [6, 6.07) is 11.5. The van der Waals surface area contributed by atoms with Crippen LogP contribution in [0.3, 0.4) is 0 Å². The van der Waals surface area contributed by atoms with Crippen molar-refractivity contribution >= 4 is 23.2 Å². The van der Waals surface area contributed by atoms with Crippen LogP contribution in [-0.2, 0) is 4.79 Å². The summed E-state index contributed by atoms with van der Waals surface area (Å²) in [5, 5.41) is 3.61. The van der Waals surface area contributed by atoms with Crippen LogP contribution >= 0.6 is 11.6 Å². The summed E-state index contributed by atoms with van der Waals surface area (Å²) in [6.45, 7) is 1.07. The lowest BCUT2D eigenvalue weighted by atomic mass is 9.84. The molecule has 2 heterocycles. The van der Waals surface area contributed by atoms with Gasteiger partial charge in [-0.1, -0.05) is 23.7 Å². The molecule has 0 saturated heterocycles. The second-order valence-corrected chi connectivity index (χ2v) is 5.88. The van der Waals surface area contributed by atoms with Crippen molar-refractivity contribution in [3.8, 4) is 11.5 Å². The largest absolute Gasteiger partial charge is 0.486 e. The van der Waals surface area contributed by atoms with E-state index in [0.29, 0.717) is 30.4 Å². The fourth-order valence-corrected chi connectivity index (χ4v) is 3.12. The van der Waals surface area contributed by atoms with Crippen LogP contribution < -0.4 is 14.8 Å². The van der Waals surface area contributed by atoms with E-state index in [0.717, 1.165) is 22.6 Å². The zero-order chi connectivity index (χ0) is 15.1. The van der Waals surface area contributed by atoms with Crippen molar-refractivity contribution in [2.75, 3.05) is 18.5 Å². The van der Waals surface area contributed by atoms with Gasteiger partial charge >= 0.3 is 0 Å². The molecule has 112 valence electrons. The summed E-state index contributed by atoms with van der Waals surface area (Å²) in [7, 11) is 0. The van der Waals surface area contributed by atoms with Crippen molar-refractivity contribution in [3.63, 3.8) is 0 Å². The number of ether oxygens (including phenoxy) is 2. The van der Waals surface area contributed by atoms with E-state index < -0.39 is 0 Å². The van der Waals surface area contributed by atoms with Crippen molar-refractivity contribution in [1.29, 1.82) is 0 Å². The number of hydrogen-bond donors (Lipinski definition) is 1. The zero-order valence-electron chi connectivity index (χ0n) is 11.8. The smallest absolute Gasteiger partial charge is 0.225 e. The average Bonchev–Trinajstić information content (AvgIpc) is 2.53. The van der Waals surface area contributed by atoms with E-state index in [1.807, 2.05) is 36.4 Å². The van der Waals surface area contributed by atoms with Gasteiger partial charge in [0.25, 0.3) is 0 Å². The van der Waals surface area contributed by atoms with Crippen molar-refractivity contribution in [3.05, 3.63) is 52.5 Å². The van der Waals surface area contributed by atoms with E-state index in [1.54, 1.807) is 0 Å². The van der Waals surface area contributed by atoms with Gasteiger partial charge in [-0.2, -0.15) is 0 Å². The lowest BCUT2D eigenvalue weighted by Crippen LogP contribution is -2.24. The molecule has 0 fully saturated rings. The Morgan fingerprint density at radius 1 is 1.05 bits per heavy atom. The Balaban J connectivity index is 1.82. The number of nitrogens with one attached hydrogen (secondary N) is 1. The number of rotatable bonds is 1. The first-order chi connectivity index (χ1) is 10.7. The maximum absolute atomic E-state index is 12.0. The fraction of sp³-hybridized carbons (Fsp3) is 0.235. The topological polar surface area (TPSA) is 47.6 Å². The molecule has 1 N–H and O–H groups in total. The van der Waals surface area contributed by atoms with E-state index in [9.17, 15) is 4.79 Å². The van der Waals surface area contributed by atoms with E-state index in [2.05, 4.69) is 5.32 Å². The number of amides is 1. The van der Waals surface area contributed by atoms with Crippen LogP contribution in [0, 0.1) is 0 Å². The number of benzene rings is 2. The molecule has 0 spiro atoms. The molecule has 0 aromatic heterocycles. The van der Waals surface area contributed by atoms with E-state index in [-0.39, 0.29) is 11.8 Å². The highest BCUT2D eigenvalue weighted by Gasteiger charge is 2.29. The second kappa shape index (κ2) is 5.21. The number of fused-ring (bicyclic) bond motifs is 2. The van der Waals surface area contributed by atoms with Crippen LogP contribution in [-0.4, -0.2) is 19.1 Å². The van der Waals surface area contributed by atoms with Crippen molar-refractivity contribution < 1.29 is 14.3 Å². The van der Waals surface area contributed by atoms with Gasteiger partial charge in [-0.15, -0.1) is 0 Å². The molecule has 1 atom stereocenters. The molecular weight excluding hydrogens is 302 g/mol. The minimum atomic E-state index is -0.00292. The minimum absolute atomic E-state index is 0.00292. The van der Waals surface area contributed by atoms with E-state index in [1.165, 1.54) is 0 Å². The molecule has 0 radical (unpaired) electrons. The van der Waals surface area contributed by atoms with Crippen LogP contribution in [0.1, 0.15) is 23.5 Å². The lowest BCUT2D eigenvalue weighted by molar-refractivity contribution is -0.116. The molecule has 2 aromatic carbocycles. The lowest BCUT2D eigenvalue weighted by Gasteiger charge is -2.29. The van der Waals surface area contributed by atoms with Crippen molar-refractivity contribution in [2.24, 2.45) is 0 Å². The summed E-state index contributed by atoms with van der Waals surface area (Å²) in [6.07, 6.45) is 0.411. The average molecular weight is 316 g/mol. The summed E-state index contributed by atoms with van der Waals surface area (Å²) >= 11 is 5.96. The van der Waals surface area contributed by atoms with Gasteiger partial charge in [0.1, 0.15) is 13.2 Å². The third-order valence-corrected chi connectivity index (χ3v) is 4.28. The second-order valence-electron chi connectivity index (χ2n) is 5.44. The number of hydrogen-bond acceptors (Lipinski definition) is 3. The first-order valence-corrected chi connectivity index (χ1v) is 7.57. The Morgan fingerprint density at radius 2 is 1.73 bits per heavy atom. The van der Waals surface area contributed by atoms with E-state index >= 15 is 0 Å². The highest BCUT2D eigenvalue weighted by atomic mass is 35.5. The summed E-state index contributed by atoms with van der Waals surface area (Å²) in [5.74, 6) is 1.42. The van der Waals surface area contributed by atoms with Gasteiger partial charge in [-0.3, -0.25) is 4.79 Å². The van der Waals surface area contributed by atoms with Gasteiger partial charge in [0, 0.05) is 29.1 Å². The Morgan fingerprint density at radius 3 is 2.45 bits per heavy atom. The normalized spacial score (nSPS) is 19.3. The van der Waals surface area contributed by atoms with Crippen LogP contribution in [0.15, 0.2) is 36.4 Å². The Kier molecular flexibility index (Phi) is 3.19. The Bertz CT molecular complexity index is 742. The molecule has 22 heavy (non-hydrogen) atoms. The third kappa shape index (κ3) is 2.29. The van der Waals surface area contributed by atoms with Crippen LogP contribution in [0.4, 0.5) is 5.69 Å². The van der Waals surface area contributed by atoms with Gasteiger partial charge in [-0.25, -0.2) is 0 Å². The number of halogens is 1. The maximum atomic E-state index is 12.0. The van der Waals surface area contributed by atoms with Crippen LogP contribution in [0.25, 0.3) is 0 Å². The molecule has 5 heteroatoms. The maximum Gasteiger partial charge on any atom is 0.225 e. The van der Waals surface area contributed by atoms with Gasteiger partial charge in [-0.05, 0) is 29.3 Å². The predicted octanol–water partition coefficient (Wildman–Crippen LogP) is 3.59. The third-order valence-electron chi connectivity index (χ3n) is 4.03. The fourth-order valence-electron chi connectivity index (χ4n) is 2.99. The monoisotopic (exact) mass is 315 g/mol.